The molecule has 1 atom stereocenters. The van der Waals surface area contributed by atoms with Crippen molar-refractivity contribution in [3.63, 3.8) is 0 Å². The van der Waals surface area contributed by atoms with Gasteiger partial charge in [-0.25, -0.2) is 0 Å². The number of fused-ring (bicyclic) bond motifs is 1. The van der Waals surface area contributed by atoms with Gasteiger partial charge in [-0.05, 0) is 34.9 Å². The molecule has 0 fully saturated rings. The van der Waals surface area contributed by atoms with Crippen molar-refractivity contribution in [3.8, 4) is 0 Å². The third kappa shape index (κ3) is 2.84. The molecule has 0 aliphatic carbocycles. The van der Waals surface area contributed by atoms with Crippen molar-refractivity contribution >= 4 is 32.7 Å². The van der Waals surface area contributed by atoms with Gasteiger partial charge in [0.15, 0.2) is 0 Å². The monoisotopic (exact) mass is 293 g/mol. The molecule has 0 amide bonds. The molecule has 0 aliphatic rings. The maximum Gasteiger partial charge on any atom is 0.320 e. The SMILES string of the molecule is N[C@@H](Cc1ccc2cc(Br)ccc2c1)C(=O)O. The fraction of sp³-hybridized carbons (Fsp3) is 0.154. The van der Waals surface area contributed by atoms with Crippen LogP contribution >= 0.6 is 15.9 Å². The molecule has 4 heteroatoms. The van der Waals surface area contributed by atoms with Crippen molar-refractivity contribution < 1.29 is 9.90 Å². The summed E-state index contributed by atoms with van der Waals surface area (Å²) in [5.41, 5.74) is 6.45. The van der Waals surface area contributed by atoms with Crippen LogP contribution in [0.1, 0.15) is 5.56 Å². The fourth-order valence-corrected chi connectivity index (χ4v) is 2.11. The Bertz CT molecular complexity index is 568. The van der Waals surface area contributed by atoms with Gasteiger partial charge in [0.1, 0.15) is 6.04 Å². The van der Waals surface area contributed by atoms with Gasteiger partial charge in [-0.1, -0.05) is 40.2 Å². The van der Waals surface area contributed by atoms with Crippen molar-refractivity contribution in [1.82, 2.24) is 0 Å². The number of hydrogen-bond acceptors (Lipinski definition) is 2. The van der Waals surface area contributed by atoms with Crippen molar-refractivity contribution in [1.29, 1.82) is 0 Å². The highest BCUT2D eigenvalue weighted by Crippen LogP contribution is 2.21. The third-order valence-corrected chi connectivity index (χ3v) is 3.13. The molecule has 17 heavy (non-hydrogen) atoms. The van der Waals surface area contributed by atoms with Gasteiger partial charge in [-0.15, -0.1) is 0 Å². The van der Waals surface area contributed by atoms with Crippen LogP contribution < -0.4 is 5.73 Å². The van der Waals surface area contributed by atoms with Crippen LogP contribution in [0.25, 0.3) is 10.8 Å². The summed E-state index contributed by atoms with van der Waals surface area (Å²) in [7, 11) is 0. The summed E-state index contributed by atoms with van der Waals surface area (Å²) in [6.45, 7) is 0. The number of rotatable bonds is 3. The molecular weight excluding hydrogens is 282 g/mol. The minimum atomic E-state index is -0.971. The lowest BCUT2D eigenvalue weighted by atomic mass is 10.0. The van der Waals surface area contributed by atoms with E-state index in [-0.39, 0.29) is 0 Å². The highest BCUT2D eigenvalue weighted by Gasteiger charge is 2.12. The lowest BCUT2D eigenvalue weighted by molar-refractivity contribution is -0.138. The average Bonchev–Trinajstić information content (AvgIpc) is 2.29. The molecule has 0 heterocycles. The normalized spacial score (nSPS) is 12.6. The first kappa shape index (κ1) is 12.1. The van der Waals surface area contributed by atoms with Crippen LogP contribution in [0.15, 0.2) is 40.9 Å². The lowest BCUT2D eigenvalue weighted by Crippen LogP contribution is -2.32. The topological polar surface area (TPSA) is 63.3 Å². The summed E-state index contributed by atoms with van der Waals surface area (Å²) < 4.78 is 1.03. The largest absolute Gasteiger partial charge is 0.480 e. The molecule has 2 aromatic rings. The standard InChI is InChI=1S/C13H12BrNO2/c14-11-4-3-9-5-8(1-2-10(9)7-11)6-12(15)13(16)17/h1-5,7,12H,6,15H2,(H,16,17)/t12-/m0/s1. The Morgan fingerprint density at radius 1 is 1.24 bits per heavy atom. The zero-order chi connectivity index (χ0) is 12.4. The Hall–Kier alpha value is -1.39. The second-order valence-electron chi connectivity index (χ2n) is 3.97. The molecule has 0 aliphatic heterocycles. The molecule has 0 bridgehead atoms. The van der Waals surface area contributed by atoms with Gasteiger partial charge >= 0.3 is 5.97 Å². The van der Waals surface area contributed by atoms with Crippen molar-refractivity contribution in [2.45, 2.75) is 12.5 Å². The van der Waals surface area contributed by atoms with Gasteiger partial charge in [0.25, 0.3) is 0 Å². The molecule has 0 saturated carbocycles. The average molecular weight is 294 g/mol. The molecule has 0 unspecified atom stereocenters. The summed E-state index contributed by atoms with van der Waals surface area (Å²) in [6, 6.07) is 11.0. The van der Waals surface area contributed by atoms with E-state index >= 15 is 0 Å². The molecule has 0 saturated heterocycles. The Labute approximate surface area is 107 Å². The Morgan fingerprint density at radius 3 is 2.59 bits per heavy atom. The fourth-order valence-electron chi connectivity index (χ4n) is 1.73. The summed E-state index contributed by atoms with van der Waals surface area (Å²) >= 11 is 3.41. The first-order valence-electron chi connectivity index (χ1n) is 5.23. The Kier molecular flexibility index (Phi) is 3.45. The van der Waals surface area contributed by atoms with E-state index in [2.05, 4.69) is 15.9 Å². The van der Waals surface area contributed by atoms with E-state index in [4.69, 9.17) is 10.8 Å². The number of halogens is 1. The van der Waals surface area contributed by atoms with Crippen molar-refractivity contribution in [2.24, 2.45) is 5.73 Å². The summed E-state index contributed by atoms with van der Waals surface area (Å²) in [6.07, 6.45) is 0.349. The van der Waals surface area contributed by atoms with Gasteiger partial charge in [0, 0.05) is 4.47 Å². The summed E-state index contributed by atoms with van der Waals surface area (Å²) in [5.74, 6) is -0.971. The first-order chi connectivity index (χ1) is 8.06. The number of hydrogen-bond donors (Lipinski definition) is 2. The second kappa shape index (κ2) is 4.85. The van der Waals surface area contributed by atoms with Crippen LogP contribution in [-0.4, -0.2) is 17.1 Å². The van der Waals surface area contributed by atoms with E-state index in [0.717, 1.165) is 20.8 Å². The smallest absolute Gasteiger partial charge is 0.320 e. The maximum absolute atomic E-state index is 10.7. The van der Waals surface area contributed by atoms with Gasteiger partial charge in [-0.2, -0.15) is 0 Å². The predicted octanol–water partition coefficient (Wildman–Crippen LogP) is 2.56. The Balaban J connectivity index is 2.32. The molecule has 2 rings (SSSR count). The van der Waals surface area contributed by atoms with Crippen molar-refractivity contribution in [3.05, 3.63) is 46.4 Å². The van der Waals surface area contributed by atoms with Crippen LogP contribution in [0.3, 0.4) is 0 Å². The van der Waals surface area contributed by atoms with Crippen LogP contribution in [0.2, 0.25) is 0 Å². The molecule has 88 valence electrons. The molecule has 0 radical (unpaired) electrons. The third-order valence-electron chi connectivity index (χ3n) is 2.64. The van der Waals surface area contributed by atoms with Crippen LogP contribution in [0, 0.1) is 0 Å². The molecule has 0 aromatic heterocycles. The van der Waals surface area contributed by atoms with E-state index in [1.54, 1.807) is 0 Å². The lowest BCUT2D eigenvalue weighted by Gasteiger charge is -2.07. The molecule has 3 N–H and O–H groups in total. The highest BCUT2D eigenvalue weighted by molar-refractivity contribution is 9.10. The van der Waals surface area contributed by atoms with Gasteiger partial charge in [0.2, 0.25) is 0 Å². The predicted molar refractivity (Wildman–Crippen MR) is 71.0 cm³/mol. The number of carbonyl (C=O) groups is 1. The van der Waals surface area contributed by atoms with E-state index in [1.807, 2.05) is 36.4 Å². The Morgan fingerprint density at radius 2 is 1.88 bits per heavy atom. The number of benzene rings is 2. The van der Waals surface area contributed by atoms with E-state index in [0.29, 0.717) is 6.42 Å². The molecular formula is C13H12BrNO2. The van der Waals surface area contributed by atoms with Gasteiger partial charge < -0.3 is 10.8 Å². The van der Waals surface area contributed by atoms with E-state index in [9.17, 15) is 4.79 Å². The van der Waals surface area contributed by atoms with Crippen molar-refractivity contribution in [2.75, 3.05) is 0 Å². The minimum absolute atomic E-state index is 0.349. The zero-order valence-corrected chi connectivity index (χ0v) is 10.6. The second-order valence-corrected chi connectivity index (χ2v) is 4.89. The summed E-state index contributed by atoms with van der Waals surface area (Å²) in [4.78, 5) is 10.7. The van der Waals surface area contributed by atoms with Gasteiger partial charge in [-0.3, -0.25) is 4.79 Å². The van der Waals surface area contributed by atoms with E-state index < -0.39 is 12.0 Å². The minimum Gasteiger partial charge on any atom is -0.480 e. The molecule has 2 aromatic carbocycles. The number of nitrogens with two attached hydrogens (primary N) is 1. The first-order valence-corrected chi connectivity index (χ1v) is 6.02. The molecule has 0 spiro atoms. The van der Waals surface area contributed by atoms with Gasteiger partial charge in [0.05, 0.1) is 0 Å². The summed E-state index contributed by atoms with van der Waals surface area (Å²) in [5, 5.41) is 11.0. The van der Waals surface area contributed by atoms with Crippen LogP contribution in [0.5, 0.6) is 0 Å². The zero-order valence-electron chi connectivity index (χ0n) is 9.06. The molecule has 3 nitrogen and oxygen atoms in total. The quantitative estimate of drug-likeness (QED) is 0.914. The van der Waals surface area contributed by atoms with Crippen LogP contribution in [-0.2, 0) is 11.2 Å². The number of carboxylic acids is 1. The highest BCUT2D eigenvalue weighted by atomic mass is 79.9. The number of carboxylic acid groups (broad SMARTS) is 1. The maximum atomic E-state index is 10.7. The number of aliphatic carboxylic acids is 1. The van der Waals surface area contributed by atoms with Crippen LogP contribution in [0.4, 0.5) is 0 Å². The van der Waals surface area contributed by atoms with E-state index in [1.165, 1.54) is 0 Å².